The van der Waals surface area contributed by atoms with E-state index >= 15 is 0 Å². The van der Waals surface area contributed by atoms with Crippen LogP contribution in [0.25, 0.3) is 0 Å². The molecule has 128 valence electrons. The van der Waals surface area contributed by atoms with Crippen LogP contribution in [0.4, 0.5) is 0 Å². The van der Waals surface area contributed by atoms with Crippen molar-refractivity contribution in [1.29, 1.82) is 0 Å². The highest BCUT2D eigenvalue weighted by atomic mass is 16.5. The number of unbranched alkanes of at least 4 members (excludes halogenated alkanes) is 2. The van der Waals surface area contributed by atoms with Crippen molar-refractivity contribution in [2.45, 2.75) is 86.2 Å². The lowest BCUT2D eigenvalue weighted by atomic mass is 9.97. The monoisotopic (exact) mass is 308 g/mol. The lowest BCUT2D eigenvalue weighted by Crippen LogP contribution is -2.08. The van der Waals surface area contributed by atoms with Crippen LogP contribution in [0, 0.1) is 11.8 Å². The second-order valence-electron chi connectivity index (χ2n) is 7.15. The number of esters is 1. The van der Waals surface area contributed by atoms with Crippen LogP contribution in [0.15, 0.2) is 23.8 Å². The molecule has 0 N–H and O–H groups in total. The van der Waals surface area contributed by atoms with Gasteiger partial charge in [0.1, 0.15) is 0 Å². The van der Waals surface area contributed by atoms with Crippen LogP contribution in [-0.2, 0) is 9.53 Å². The van der Waals surface area contributed by atoms with Crippen molar-refractivity contribution in [3.05, 3.63) is 23.8 Å². The normalized spacial score (nSPS) is 14.1. The molecule has 22 heavy (non-hydrogen) atoms. The molecule has 2 nitrogen and oxygen atoms in total. The van der Waals surface area contributed by atoms with Crippen LogP contribution in [0.2, 0.25) is 0 Å². The van der Waals surface area contributed by atoms with Gasteiger partial charge in [0.15, 0.2) is 0 Å². The Morgan fingerprint density at radius 2 is 1.64 bits per heavy atom. The zero-order valence-electron chi connectivity index (χ0n) is 15.5. The fourth-order valence-electron chi connectivity index (χ4n) is 2.33. The molecule has 0 radical (unpaired) electrons. The first-order valence-corrected chi connectivity index (χ1v) is 8.86. The van der Waals surface area contributed by atoms with E-state index in [0.717, 1.165) is 17.9 Å². The molecule has 1 unspecified atom stereocenters. The standard InChI is InChI=1S/C20H36O2/c1-16(2)11-8-7-9-12-18(5)13-10-14-19(6)15-20(21)22-17(3)4/h10,14-18H,7-9,11-13H2,1-6H3. The Labute approximate surface area is 138 Å². The van der Waals surface area contributed by atoms with E-state index in [1.165, 1.54) is 32.1 Å². The van der Waals surface area contributed by atoms with Crippen LogP contribution >= 0.6 is 0 Å². The smallest absolute Gasteiger partial charge is 0.331 e. The van der Waals surface area contributed by atoms with Gasteiger partial charge < -0.3 is 4.74 Å². The lowest BCUT2D eigenvalue weighted by Gasteiger charge is -2.09. The van der Waals surface area contributed by atoms with Gasteiger partial charge in [-0.1, -0.05) is 65.0 Å². The van der Waals surface area contributed by atoms with Gasteiger partial charge in [-0.2, -0.15) is 0 Å². The van der Waals surface area contributed by atoms with Crippen LogP contribution in [0.5, 0.6) is 0 Å². The molecule has 0 heterocycles. The van der Waals surface area contributed by atoms with E-state index in [1.807, 2.05) is 26.8 Å². The fraction of sp³-hybridized carbons (Fsp3) is 0.750. The molecule has 0 aliphatic heterocycles. The van der Waals surface area contributed by atoms with Gasteiger partial charge in [-0.15, -0.1) is 0 Å². The van der Waals surface area contributed by atoms with Gasteiger partial charge in [-0.3, -0.25) is 0 Å². The van der Waals surface area contributed by atoms with E-state index in [1.54, 1.807) is 6.08 Å². The number of ether oxygens (including phenoxy) is 1. The fourth-order valence-corrected chi connectivity index (χ4v) is 2.33. The van der Waals surface area contributed by atoms with Crippen molar-refractivity contribution in [2.75, 3.05) is 0 Å². The van der Waals surface area contributed by atoms with Gasteiger partial charge in [0.2, 0.25) is 0 Å². The third-order valence-corrected chi connectivity index (χ3v) is 3.59. The highest BCUT2D eigenvalue weighted by molar-refractivity contribution is 5.83. The summed E-state index contributed by atoms with van der Waals surface area (Å²) in [6, 6.07) is 0. The van der Waals surface area contributed by atoms with Crippen molar-refractivity contribution < 1.29 is 9.53 Å². The minimum Gasteiger partial charge on any atom is -0.460 e. The van der Waals surface area contributed by atoms with E-state index < -0.39 is 0 Å². The summed E-state index contributed by atoms with van der Waals surface area (Å²) in [5, 5.41) is 0. The molecule has 0 aromatic rings. The van der Waals surface area contributed by atoms with Crippen molar-refractivity contribution in [1.82, 2.24) is 0 Å². The Morgan fingerprint density at radius 3 is 2.23 bits per heavy atom. The van der Waals surface area contributed by atoms with E-state index in [-0.39, 0.29) is 12.1 Å². The first-order chi connectivity index (χ1) is 10.3. The molecule has 0 aliphatic rings. The predicted octanol–water partition coefficient (Wildman–Crippen LogP) is 6.07. The topological polar surface area (TPSA) is 26.3 Å². The van der Waals surface area contributed by atoms with Crippen molar-refractivity contribution in [2.24, 2.45) is 11.8 Å². The first kappa shape index (κ1) is 20.9. The van der Waals surface area contributed by atoms with Crippen LogP contribution in [-0.4, -0.2) is 12.1 Å². The van der Waals surface area contributed by atoms with Crippen LogP contribution < -0.4 is 0 Å². The van der Waals surface area contributed by atoms with Crippen molar-refractivity contribution >= 4 is 5.97 Å². The van der Waals surface area contributed by atoms with E-state index in [4.69, 9.17) is 4.74 Å². The first-order valence-electron chi connectivity index (χ1n) is 8.86. The van der Waals surface area contributed by atoms with Gasteiger partial charge in [0.25, 0.3) is 0 Å². The molecule has 2 heteroatoms. The van der Waals surface area contributed by atoms with Crippen molar-refractivity contribution in [3.8, 4) is 0 Å². The summed E-state index contributed by atoms with van der Waals surface area (Å²) >= 11 is 0. The maximum atomic E-state index is 11.5. The SMILES string of the molecule is CC(C=CCC(C)CCCCCC(C)C)=CC(=O)OC(C)C. The molecule has 0 fully saturated rings. The van der Waals surface area contributed by atoms with Gasteiger partial charge >= 0.3 is 5.97 Å². The number of allylic oxidation sites excluding steroid dienone is 3. The number of carbonyl (C=O) groups is 1. The van der Waals surface area contributed by atoms with E-state index in [0.29, 0.717) is 5.92 Å². The molecule has 0 aromatic carbocycles. The Morgan fingerprint density at radius 1 is 1.00 bits per heavy atom. The molecule has 0 amide bonds. The van der Waals surface area contributed by atoms with Gasteiger partial charge in [0.05, 0.1) is 6.10 Å². The number of hydrogen-bond donors (Lipinski definition) is 0. The maximum absolute atomic E-state index is 11.5. The second kappa shape index (κ2) is 12.5. The predicted molar refractivity (Wildman–Crippen MR) is 95.8 cm³/mol. The van der Waals surface area contributed by atoms with Gasteiger partial charge in [-0.25, -0.2) is 4.79 Å². The summed E-state index contributed by atoms with van der Waals surface area (Å²) in [5.74, 6) is 1.29. The molecule has 1 atom stereocenters. The quantitative estimate of drug-likeness (QED) is 0.200. The zero-order chi connectivity index (χ0) is 17.0. The lowest BCUT2D eigenvalue weighted by molar-refractivity contribution is -0.141. The number of carbonyl (C=O) groups excluding carboxylic acids is 1. The Kier molecular flexibility index (Phi) is 11.9. The zero-order valence-corrected chi connectivity index (χ0v) is 15.5. The minimum absolute atomic E-state index is 0.0590. The molecule has 0 rings (SSSR count). The summed E-state index contributed by atoms with van der Waals surface area (Å²) in [7, 11) is 0. The van der Waals surface area contributed by atoms with Gasteiger partial charge in [-0.05, 0) is 44.6 Å². The summed E-state index contributed by atoms with van der Waals surface area (Å²) in [5.41, 5.74) is 0.954. The average molecular weight is 309 g/mol. The average Bonchev–Trinajstić information content (AvgIpc) is 2.36. The molecular formula is C20H36O2. The summed E-state index contributed by atoms with van der Waals surface area (Å²) in [4.78, 5) is 11.5. The van der Waals surface area contributed by atoms with E-state index in [2.05, 4.69) is 26.8 Å². The molecular weight excluding hydrogens is 272 g/mol. The Balaban J connectivity index is 3.86. The third kappa shape index (κ3) is 13.9. The largest absolute Gasteiger partial charge is 0.460 e. The maximum Gasteiger partial charge on any atom is 0.331 e. The van der Waals surface area contributed by atoms with Crippen LogP contribution in [0.1, 0.15) is 80.1 Å². The third-order valence-electron chi connectivity index (χ3n) is 3.59. The summed E-state index contributed by atoms with van der Waals surface area (Å²) < 4.78 is 5.09. The molecule has 0 saturated heterocycles. The molecule has 0 spiro atoms. The molecule has 0 aromatic heterocycles. The highest BCUT2D eigenvalue weighted by Crippen LogP contribution is 2.16. The molecule has 0 aliphatic carbocycles. The van der Waals surface area contributed by atoms with Gasteiger partial charge in [0, 0.05) is 6.08 Å². The van der Waals surface area contributed by atoms with Crippen molar-refractivity contribution in [3.63, 3.8) is 0 Å². The van der Waals surface area contributed by atoms with E-state index in [9.17, 15) is 4.79 Å². The number of hydrogen-bond acceptors (Lipinski definition) is 2. The highest BCUT2D eigenvalue weighted by Gasteiger charge is 2.02. The summed E-state index contributed by atoms with van der Waals surface area (Å²) in [6.45, 7) is 12.5. The molecule has 0 saturated carbocycles. The Bertz CT molecular complexity index is 351. The minimum atomic E-state index is -0.254. The second-order valence-corrected chi connectivity index (χ2v) is 7.15. The number of rotatable bonds is 11. The Hall–Kier alpha value is -1.05. The molecule has 0 bridgehead atoms. The summed E-state index contributed by atoms with van der Waals surface area (Å²) in [6.07, 6.45) is 13.5. The van der Waals surface area contributed by atoms with Crippen LogP contribution in [0.3, 0.4) is 0 Å².